The van der Waals surface area contributed by atoms with Crippen molar-refractivity contribution in [2.75, 3.05) is 20.3 Å². The lowest BCUT2D eigenvalue weighted by molar-refractivity contribution is 0.0629. The molecule has 1 aliphatic rings. The van der Waals surface area contributed by atoms with E-state index in [1.54, 1.807) is 11.0 Å². The van der Waals surface area contributed by atoms with E-state index in [1.807, 2.05) is 0 Å². The van der Waals surface area contributed by atoms with Crippen LogP contribution in [0.3, 0.4) is 0 Å². The molecule has 0 aromatic heterocycles. The van der Waals surface area contributed by atoms with Crippen LogP contribution in [0.1, 0.15) is 36.0 Å². The predicted molar refractivity (Wildman–Crippen MR) is 73.3 cm³/mol. The molecule has 1 fully saturated rings. The van der Waals surface area contributed by atoms with Crippen LogP contribution in [0.15, 0.2) is 18.2 Å². The van der Waals surface area contributed by atoms with Crippen molar-refractivity contribution in [3.8, 4) is 5.75 Å². The van der Waals surface area contributed by atoms with Crippen LogP contribution < -0.4 is 4.74 Å². The minimum atomic E-state index is -0.588. The van der Waals surface area contributed by atoms with Gasteiger partial charge in [-0.15, -0.1) is 0 Å². The molecule has 1 saturated carbocycles. The zero-order valence-corrected chi connectivity index (χ0v) is 11.6. The van der Waals surface area contributed by atoms with Crippen LogP contribution in [0.2, 0.25) is 0 Å². The quantitative estimate of drug-likeness (QED) is 0.900. The first-order valence-electron chi connectivity index (χ1n) is 6.93. The molecule has 0 bridgehead atoms. The van der Waals surface area contributed by atoms with Crippen LogP contribution in [0.5, 0.6) is 5.75 Å². The Balaban J connectivity index is 2.31. The van der Waals surface area contributed by atoms with Gasteiger partial charge in [-0.25, -0.2) is 4.39 Å². The number of nitrogens with zero attached hydrogens (tertiary/aromatic N) is 1. The number of hydrogen-bond acceptors (Lipinski definition) is 3. The lowest BCUT2D eigenvalue weighted by Crippen LogP contribution is -2.41. The van der Waals surface area contributed by atoms with Gasteiger partial charge in [-0.2, -0.15) is 0 Å². The number of carbonyl (C=O) groups excluding carboxylic acids is 1. The van der Waals surface area contributed by atoms with E-state index in [2.05, 4.69) is 0 Å². The van der Waals surface area contributed by atoms with Gasteiger partial charge >= 0.3 is 0 Å². The molecule has 0 aliphatic heterocycles. The Hall–Kier alpha value is -1.62. The number of benzene rings is 1. The topological polar surface area (TPSA) is 49.8 Å². The van der Waals surface area contributed by atoms with Crippen molar-refractivity contribution in [1.29, 1.82) is 0 Å². The van der Waals surface area contributed by atoms with Crippen molar-refractivity contribution in [3.05, 3.63) is 29.6 Å². The van der Waals surface area contributed by atoms with E-state index < -0.39 is 11.7 Å². The second-order valence-corrected chi connectivity index (χ2v) is 4.98. The minimum Gasteiger partial charge on any atom is -0.496 e. The number of aliphatic hydroxyl groups is 1. The van der Waals surface area contributed by atoms with Crippen molar-refractivity contribution in [3.63, 3.8) is 0 Å². The Bertz CT molecular complexity index is 472. The molecule has 0 saturated heterocycles. The molecule has 110 valence electrons. The number of halogens is 1. The molecule has 1 N–H and O–H groups in total. The van der Waals surface area contributed by atoms with Crippen molar-refractivity contribution in [2.45, 2.75) is 31.7 Å². The number of amides is 1. The highest BCUT2D eigenvalue weighted by molar-refractivity contribution is 5.97. The summed E-state index contributed by atoms with van der Waals surface area (Å²) in [4.78, 5) is 14.2. The second-order valence-electron chi connectivity index (χ2n) is 4.98. The molecule has 1 aliphatic carbocycles. The van der Waals surface area contributed by atoms with E-state index in [0.29, 0.717) is 0 Å². The van der Waals surface area contributed by atoms with Crippen molar-refractivity contribution >= 4 is 5.91 Å². The molecule has 0 spiro atoms. The van der Waals surface area contributed by atoms with Crippen LogP contribution in [0, 0.1) is 5.82 Å². The summed E-state index contributed by atoms with van der Waals surface area (Å²) >= 11 is 0. The normalized spacial score (nSPS) is 15.3. The summed E-state index contributed by atoms with van der Waals surface area (Å²) in [5.41, 5.74) is -0.0460. The molecule has 4 nitrogen and oxygen atoms in total. The first kappa shape index (κ1) is 14.8. The van der Waals surface area contributed by atoms with Gasteiger partial charge in [0.05, 0.1) is 13.7 Å². The number of ether oxygens (including phenoxy) is 1. The van der Waals surface area contributed by atoms with E-state index in [0.717, 1.165) is 25.7 Å². The zero-order chi connectivity index (χ0) is 14.5. The maximum atomic E-state index is 14.0. The zero-order valence-electron chi connectivity index (χ0n) is 11.6. The summed E-state index contributed by atoms with van der Waals surface area (Å²) in [7, 11) is 1.41. The Kier molecular flexibility index (Phi) is 4.95. The molecule has 0 unspecified atom stereocenters. The number of hydrogen-bond donors (Lipinski definition) is 1. The fourth-order valence-electron chi connectivity index (χ4n) is 2.80. The summed E-state index contributed by atoms with van der Waals surface area (Å²) in [6.07, 6.45) is 3.94. The van der Waals surface area contributed by atoms with Crippen LogP contribution in [-0.4, -0.2) is 42.2 Å². The smallest absolute Gasteiger partial charge is 0.260 e. The van der Waals surface area contributed by atoms with Crippen LogP contribution >= 0.6 is 0 Å². The molecule has 0 heterocycles. The minimum absolute atomic E-state index is 0.0460. The third-order valence-corrected chi connectivity index (χ3v) is 3.78. The molecule has 5 heteroatoms. The Morgan fingerprint density at radius 2 is 2.15 bits per heavy atom. The molecule has 2 rings (SSSR count). The molecular formula is C15H20FNO3. The Labute approximate surface area is 118 Å². The van der Waals surface area contributed by atoms with Crippen molar-refractivity contribution < 1.29 is 19.0 Å². The maximum Gasteiger partial charge on any atom is 0.260 e. The van der Waals surface area contributed by atoms with Gasteiger partial charge in [0.25, 0.3) is 5.91 Å². The lowest BCUT2D eigenvalue weighted by atomic mass is 10.1. The fraction of sp³-hybridized carbons (Fsp3) is 0.533. The molecular weight excluding hydrogens is 261 g/mol. The lowest BCUT2D eigenvalue weighted by Gasteiger charge is -2.29. The largest absolute Gasteiger partial charge is 0.496 e. The Morgan fingerprint density at radius 3 is 2.75 bits per heavy atom. The number of methoxy groups -OCH3 is 1. The summed E-state index contributed by atoms with van der Waals surface area (Å²) < 4.78 is 19.1. The molecule has 1 aromatic carbocycles. The Morgan fingerprint density at radius 1 is 1.45 bits per heavy atom. The van der Waals surface area contributed by atoms with Gasteiger partial charge in [0.2, 0.25) is 0 Å². The van der Waals surface area contributed by atoms with Gasteiger partial charge in [-0.3, -0.25) is 4.79 Å². The average Bonchev–Trinajstić information content (AvgIpc) is 2.97. The summed E-state index contributed by atoms with van der Waals surface area (Å²) in [5, 5.41) is 9.17. The van der Waals surface area contributed by atoms with Crippen molar-refractivity contribution in [1.82, 2.24) is 4.90 Å². The van der Waals surface area contributed by atoms with Gasteiger partial charge in [-0.1, -0.05) is 18.9 Å². The van der Waals surface area contributed by atoms with Gasteiger partial charge in [0.1, 0.15) is 17.1 Å². The average molecular weight is 281 g/mol. The summed E-state index contributed by atoms with van der Waals surface area (Å²) in [6.45, 7) is 0.0972. The van der Waals surface area contributed by atoms with Gasteiger partial charge in [0.15, 0.2) is 0 Å². The molecule has 20 heavy (non-hydrogen) atoms. The molecule has 1 aromatic rings. The highest BCUT2D eigenvalue weighted by atomic mass is 19.1. The number of aliphatic hydroxyl groups excluding tert-OH is 1. The third-order valence-electron chi connectivity index (χ3n) is 3.78. The van der Waals surface area contributed by atoms with E-state index in [9.17, 15) is 9.18 Å². The van der Waals surface area contributed by atoms with Gasteiger partial charge in [0, 0.05) is 12.6 Å². The molecule has 0 radical (unpaired) electrons. The fourth-order valence-corrected chi connectivity index (χ4v) is 2.80. The maximum absolute atomic E-state index is 14.0. The number of rotatable bonds is 5. The SMILES string of the molecule is COc1cccc(F)c1C(=O)N(CCO)C1CCCC1. The third kappa shape index (κ3) is 2.93. The standard InChI is InChI=1S/C15H20FNO3/c1-20-13-8-4-7-12(16)14(13)15(19)17(9-10-18)11-5-2-3-6-11/h4,7-8,11,18H,2-3,5-6,9-10H2,1H3. The molecule has 1 amide bonds. The number of carbonyl (C=O) groups is 1. The summed E-state index contributed by atoms with van der Waals surface area (Å²) in [5.74, 6) is -0.757. The van der Waals surface area contributed by atoms with Crippen LogP contribution in [-0.2, 0) is 0 Å². The van der Waals surface area contributed by atoms with Crippen LogP contribution in [0.4, 0.5) is 4.39 Å². The highest BCUT2D eigenvalue weighted by Crippen LogP contribution is 2.28. The van der Waals surface area contributed by atoms with E-state index in [1.165, 1.54) is 19.2 Å². The van der Waals surface area contributed by atoms with Gasteiger partial charge in [-0.05, 0) is 25.0 Å². The van der Waals surface area contributed by atoms with Gasteiger partial charge < -0.3 is 14.7 Å². The predicted octanol–water partition coefficient (Wildman–Crippen LogP) is 2.21. The van der Waals surface area contributed by atoms with E-state index >= 15 is 0 Å². The highest BCUT2D eigenvalue weighted by Gasteiger charge is 2.30. The first-order chi connectivity index (χ1) is 9.69. The first-order valence-corrected chi connectivity index (χ1v) is 6.93. The van der Waals surface area contributed by atoms with Crippen LogP contribution in [0.25, 0.3) is 0 Å². The summed E-state index contributed by atoms with van der Waals surface area (Å²) in [6, 6.07) is 4.42. The van der Waals surface area contributed by atoms with Crippen molar-refractivity contribution in [2.24, 2.45) is 0 Å². The van der Waals surface area contributed by atoms with E-state index in [4.69, 9.17) is 9.84 Å². The van der Waals surface area contributed by atoms with E-state index in [-0.39, 0.29) is 30.5 Å². The second kappa shape index (κ2) is 6.70. The monoisotopic (exact) mass is 281 g/mol. The molecule has 0 atom stereocenters.